The quantitative estimate of drug-likeness (QED) is 0.233. The van der Waals surface area contributed by atoms with Gasteiger partial charge in [0.2, 0.25) is 0 Å². The van der Waals surface area contributed by atoms with Crippen molar-refractivity contribution in [3.63, 3.8) is 0 Å². The van der Waals surface area contributed by atoms with Gasteiger partial charge in [-0.15, -0.1) is 0 Å². The topological polar surface area (TPSA) is 17.1 Å². The summed E-state index contributed by atoms with van der Waals surface area (Å²) in [6, 6.07) is 7.66. The Morgan fingerprint density at radius 3 is 1.85 bits per heavy atom. The zero-order valence-electron chi connectivity index (χ0n) is 12.0. The molecule has 0 saturated heterocycles. The first-order chi connectivity index (χ1) is 9.74. The summed E-state index contributed by atoms with van der Waals surface area (Å²) in [6.45, 7) is 0. The predicted molar refractivity (Wildman–Crippen MR) is 93.8 cm³/mol. The number of carbonyl (C=O) groups is 1. The summed E-state index contributed by atoms with van der Waals surface area (Å²) < 4.78 is 1.02. The number of carbonyl (C=O) groups excluding carboxylic acids is 1. The molecule has 1 rings (SSSR count). The van der Waals surface area contributed by atoms with Gasteiger partial charge >= 0.3 is 0 Å². The van der Waals surface area contributed by atoms with Crippen LogP contribution >= 0.6 is 31.9 Å². The summed E-state index contributed by atoms with van der Waals surface area (Å²) >= 11 is 6.84. The van der Waals surface area contributed by atoms with Crippen molar-refractivity contribution in [3.05, 3.63) is 34.3 Å². The third kappa shape index (κ3) is 8.21. The summed E-state index contributed by atoms with van der Waals surface area (Å²) in [5.41, 5.74) is 0.836. The van der Waals surface area contributed by atoms with E-state index in [9.17, 15) is 4.79 Å². The van der Waals surface area contributed by atoms with Crippen LogP contribution < -0.4 is 0 Å². The molecule has 3 heteroatoms. The van der Waals surface area contributed by atoms with Crippen LogP contribution in [0.3, 0.4) is 0 Å². The molecule has 20 heavy (non-hydrogen) atoms. The van der Waals surface area contributed by atoms with Gasteiger partial charge in [-0.1, -0.05) is 82.5 Å². The summed E-state index contributed by atoms with van der Waals surface area (Å²) in [4.78, 5) is 11.9. The highest BCUT2D eigenvalue weighted by atomic mass is 79.9. The molecule has 0 aliphatic rings. The van der Waals surface area contributed by atoms with Crippen molar-refractivity contribution >= 4 is 37.6 Å². The van der Waals surface area contributed by atoms with E-state index in [0.29, 0.717) is 6.42 Å². The van der Waals surface area contributed by atoms with Crippen molar-refractivity contribution in [3.8, 4) is 0 Å². The number of hydrogen-bond acceptors (Lipinski definition) is 1. The van der Waals surface area contributed by atoms with Crippen LogP contribution in [0.25, 0.3) is 0 Å². The third-order valence-corrected chi connectivity index (χ3v) is 4.54. The minimum atomic E-state index is 0.273. The van der Waals surface area contributed by atoms with Crippen molar-refractivity contribution in [1.29, 1.82) is 0 Å². The van der Waals surface area contributed by atoms with E-state index in [0.717, 1.165) is 21.8 Å². The highest BCUT2D eigenvalue weighted by Crippen LogP contribution is 2.14. The van der Waals surface area contributed by atoms with Gasteiger partial charge in [0.1, 0.15) is 0 Å². The Labute approximate surface area is 139 Å². The number of halogens is 2. The number of alkyl halides is 1. The summed E-state index contributed by atoms with van der Waals surface area (Å²) in [5.74, 6) is 0.273. The number of benzene rings is 1. The molecule has 0 fully saturated rings. The Kier molecular flexibility index (Phi) is 10.3. The van der Waals surface area contributed by atoms with E-state index in [4.69, 9.17) is 0 Å². The first-order valence-corrected chi connectivity index (χ1v) is 9.50. The van der Waals surface area contributed by atoms with Crippen molar-refractivity contribution in [2.75, 3.05) is 5.33 Å². The zero-order valence-corrected chi connectivity index (χ0v) is 15.2. The van der Waals surface area contributed by atoms with Crippen LogP contribution in [0, 0.1) is 0 Å². The minimum Gasteiger partial charge on any atom is -0.294 e. The number of unbranched alkanes of at least 4 members (excludes halogenated alkanes) is 7. The smallest absolute Gasteiger partial charge is 0.162 e. The summed E-state index contributed by atoms with van der Waals surface area (Å²) in [6.07, 6.45) is 10.8. The van der Waals surface area contributed by atoms with Crippen LogP contribution in [-0.2, 0) is 0 Å². The Morgan fingerprint density at radius 2 is 1.30 bits per heavy atom. The van der Waals surface area contributed by atoms with Gasteiger partial charge in [-0.05, 0) is 25.0 Å². The van der Waals surface area contributed by atoms with Crippen molar-refractivity contribution in [2.24, 2.45) is 0 Å². The number of ketones is 1. The van der Waals surface area contributed by atoms with Crippen molar-refractivity contribution in [2.45, 2.75) is 57.8 Å². The average molecular weight is 404 g/mol. The lowest BCUT2D eigenvalue weighted by Gasteiger charge is -2.03. The normalized spacial score (nSPS) is 10.7. The molecule has 0 aliphatic heterocycles. The molecule has 1 aromatic rings. The van der Waals surface area contributed by atoms with E-state index in [1.807, 2.05) is 24.3 Å². The standard InChI is InChI=1S/C17H24Br2O/c18-14-8-6-4-2-1-3-5-7-9-17(20)15-10-12-16(19)13-11-15/h10-13H,1-9,14H2. The molecule has 0 aliphatic carbocycles. The maximum atomic E-state index is 11.9. The van der Waals surface area contributed by atoms with Gasteiger partial charge in [-0.2, -0.15) is 0 Å². The number of hydrogen-bond donors (Lipinski definition) is 0. The van der Waals surface area contributed by atoms with Crippen molar-refractivity contribution < 1.29 is 4.79 Å². The van der Waals surface area contributed by atoms with Crippen LogP contribution in [0.2, 0.25) is 0 Å². The Balaban J connectivity index is 2.01. The van der Waals surface area contributed by atoms with E-state index in [2.05, 4.69) is 31.9 Å². The van der Waals surface area contributed by atoms with E-state index < -0.39 is 0 Å². The molecular formula is C17H24Br2O. The first kappa shape index (κ1) is 17.9. The summed E-state index contributed by atoms with van der Waals surface area (Å²) in [5, 5.41) is 1.13. The molecule has 0 heterocycles. The largest absolute Gasteiger partial charge is 0.294 e. The Hall–Kier alpha value is -0.150. The van der Waals surface area contributed by atoms with Gasteiger partial charge in [-0.3, -0.25) is 4.79 Å². The SMILES string of the molecule is O=C(CCCCCCCCCCBr)c1ccc(Br)cc1. The van der Waals surface area contributed by atoms with Gasteiger partial charge in [0.05, 0.1) is 0 Å². The van der Waals surface area contributed by atoms with E-state index in [-0.39, 0.29) is 5.78 Å². The molecule has 0 saturated carbocycles. The van der Waals surface area contributed by atoms with E-state index in [1.54, 1.807) is 0 Å². The van der Waals surface area contributed by atoms with Gasteiger partial charge in [0, 0.05) is 21.8 Å². The lowest BCUT2D eigenvalue weighted by atomic mass is 10.0. The number of rotatable bonds is 11. The minimum absolute atomic E-state index is 0.273. The summed E-state index contributed by atoms with van der Waals surface area (Å²) in [7, 11) is 0. The molecule has 0 radical (unpaired) electrons. The Morgan fingerprint density at radius 1 is 0.800 bits per heavy atom. The molecular weight excluding hydrogens is 380 g/mol. The van der Waals surface area contributed by atoms with Gasteiger partial charge in [0.15, 0.2) is 5.78 Å². The van der Waals surface area contributed by atoms with Crippen LogP contribution in [0.4, 0.5) is 0 Å². The molecule has 0 aromatic heterocycles. The fourth-order valence-electron chi connectivity index (χ4n) is 2.22. The second-order valence-corrected chi connectivity index (χ2v) is 6.91. The first-order valence-electron chi connectivity index (χ1n) is 7.59. The molecule has 112 valence electrons. The molecule has 0 N–H and O–H groups in total. The van der Waals surface area contributed by atoms with Crippen LogP contribution in [0.5, 0.6) is 0 Å². The fraction of sp³-hybridized carbons (Fsp3) is 0.588. The van der Waals surface area contributed by atoms with E-state index >= 15 is 0 Å². The molecule has 0 unspecified atom stereocenters. The zero-order chi connectivity index (χ0) is 14.6. The fourth-order valence-corrected chi connectivity index (χ4v) is 2.88. The third-order valence-electron chi connectivity index (χ3n) is 3.45. The monoisotopic (exact) mass is 402 g/mol. The second-order valence-electron chi connectivity index (χ2n) is 5.20. The van der Waals surface area contributed by atoms with Gasteiger partial charge < -0.3 is 0 Å². The lowest BCUT2D eigenvalue weighted by molar-refractivity contribution is 0.0979. The van der Waals surface area contributed by atoms with E-state index in [1.165, 1.54) is 44.9 Å². The van der Waals surface area contributed by atoms with Crippen LogP contribution in [0.1, 0.15) is 68.1 Å². The predicted octanol–water partition coefficient (Wildman–Crippen LogP) is 6.54. The molecule has 1 nitrogen and oxygen atoms in total. The van der Waals surface area contributed by atoms with Gasteiger partial charge in [-0.25, -0.2) is 0 Å². The molecule has 0 spiro atoms. The second kappa shape index (κ2) is 11.5. The lowest BCUT2D eigenvalue weighted by Crippen LogP contribution is -1.98. The molecule has 0 amide bonds. The van der Waals surface area contributed by atoms with Crippen LogP contribution in [-0.4, -0.2) is 11.1 Å². The average Bonchev–Trinajstić information content (AvgIpc) is 2.46. The Bertz CT molecular complexity index is 373. The highest BCUT2D eigenvalue weighted by Gasteiger charge is 2.04. The maximum Gasteiger partial charge on any atom is 0.162 e. The number of Topliss-reactive ketones (excluding diaryl/α,β-unsaturated/α-hetero) is 1. The molecule has 0 bridgehead atoms. The maximum absolute atomic E-state index is 11.9. The molecule has 0 atom stereocenters. The highest BCUT2D eigenvalue weighted by molar-refractivity contribution is 9.10. The van der Waals surface area contributed by atoms with Gasteiger partial charge in [0.25, 0.3) is 0 Å². The molecule has 1 aromatic carbocycles. The van der Waals surface area contributed by atoms with Crippen LogP contribution in [0.15, 0.2) is 28.7 Å². The van der Waals surface area contributed by atoms with Crippen molar-refractivity contribution in [1.82, 2.24) is 0 Å².